The molecule has 0 fully saturated rings. The standard InChI is InChI=1S/C24H26F2N4O5S/c1-13(2)29-10-16(12-35-7-6-34-3)30-11-17(21(31)22(32)20(30)24(29)33)23-28-27-19(36-23)8-14-4-5-15(25)9-18(14)26/h4-5,9,11,13,16,32H,6-8,10,12H2,1-3H3/t16-/m0/s1. The van der Waals surface area contributed by atoms with Gasteiger partial charge in [0.2, 0.25) is 5.43 Å². The Morgan fingerprint density at radius 2 is 2.00 bits per heavy atom. The van der Waals surface area contributed by atoms with Crippen molar-refractivity contribution in [3.8, 4) is 16.3 Å². The zero-order chi connectivity index (χ0) is 26.0. The van der Waals surface area contributed by atoms with Crippen molar-refractivity contribution in [2.24, 2.45) is 0 Å². The lowest BCUT2D eigenvalue weighted by molar-refractivity contribution is 0.0298. The molecule has 1 aliphatic heterocycles. The zero-order valence-electron chi connectivity index (χ0n) is 20.0. The van der Waals surface area contributed by atoms with Gasteiger partial charge in [-0.1, -0.05) is 17.4 Å². The molecule has 1 amide bonds. The molecule has 12 heteroatoms. The minimum Gasteiger partial charge on any atom is -0.503 e. The van der Waals surface area contributed by atoms with Crippen LogP contribution >= 0.6 is 11.3 Å². The number of aromatic hydroxyl groups is 1. The third kappa shape index (κ3) is 5.15. The molecule has 0 radical (unpaired) electrons. The molecule has 1 N–H and O–H groups in total. The van der Waals surface area contributed by atoms with Gasteiger partial charge in [-0.3, -0.25) is 9.59 Å². The molecule has 9 nitrogen and oxygen atoms in total. The van der Waals surface area contributed by atoms with E-state index in [9.17, 15) is 23.5 Å². The van der Waals surface area contributed by atoms with E-state index in [0.717, 1.165) is 23.5 Å². The molecule has 0 unspecified atom stereocenters. The first-order valence-corrected chi connectivity index (χ1v) is 12.1. The van der Waals surface area contributed by atoms with Crippen molar-refractivity contribution in [2.45, 2.75) is 32.4 Å². The molecule has 1 atom stereocenters. The molecular weight excluding hydrogens is 494 g/mol. The van der Waals surface area contributed by atoms with Crippen LogP contribution in [0.4, 0.5) is 8.78 Å². The summed E-state index contributed by atoms with van der Waals surface area (Å²) in [6, 6.07) is 2.74. The fourth-order valence-corrected chi connectivity index (χ4v) is 4.88. The Morgan fingerprint density at radius 1 is 1.22 bits per heavy atom. The van der Waals surface area contributed by atoms with Gasteiger partial charge in [0, 0.05) is 38.4 Å². The van der Waals surface area contributed by atoms with E-state index in [1.54, 1.807) is 16.6 Å². The summed E-state index contributed by atoms with van der Waals surface area (Å²) in [7, 11) is 1.56. The van der Waals surface area contributed by atoms with Crippen molar-refractivity contribution in [1.82, 2.24) is 19.7 Å². The summed E-state index contributed by atoms with van der Waals surface area (Å²) in [6.07, 6.45) is 1.54. The Kier molecular flexibility index (Phi) is 7.76. The number of methoxy groups -OCH3 is 1. The highest BCUT2D eigenvalue weighted by atomic mass is 32.1. The van der Waals surface area contributed by atoms with Crippen LogP contribution < -0.4 is 5.43 Å². The largest absolute Gasteiger partial charge is 0.503 e. The van der Waals surface area contributed by atoms with Crippen LogP contribution in [-0.2, 0) is 15.9 Å². The molecule has 3 heterocycles. The third-order valence-corrected chi connectivity index (χ3v) is 6.85. The molecule has 2 aromatic heterocycles. The van der Waals surface area contributed by atoms with Gasteiger partial charge in [0.1, 0.15) is 16.6 Å². The molecule has 4 rings (SSSR count). The van der Waals surface area contributed by atoms with Gasteiger partial charge in [0.15, 0.2) is 16.5 Å². The Bertz CT molecular complexity index is 1330. The van der Waals surface area contributed by atoms with Gasteiger partial charge in [-0.05, 0) is 25.5 Å². The summed E-state index contributed by atoms with van der Waals surface area (Å²) in [5, 5.41) is 19.5. The number of amides is 1. The molecule has 0 bridgehead atoms. The number of pyridine rings is 1. The van der Waals surface area contributed by atoms with E-state index in [-0.39, 0.29) is 46.9 Å². The van der Waals surface area contributed by atoms with Crippen LogP contribution in [0.25, 0.3) is 10.6 Å². The minimum atomic E-state index is -0.755. The van der Waals surface area contributed by atoms with E-state index in [1.165, 1.54) is 12.3 Å². The highest BCUT2D eigenvalue weighted by molar-refractivity contribution is 7.14. The van der Waals surface area contributed by atoms with Crippen LogP contribution in [0.5, 0.6) is 5.75 Å². The second kappa shape index (κ2) is 10.8. The predicted octanol–water partition coefficient (Wildman–Crippen LogP) is 3.01. The number of ether oxygens (including phenoxy) is 2. The van der Waals surface area contributed by atoms with E-state index in [0.29, 0.717) is 24.8 Å². The van der Waals surface area contributed by atoms with E-state index >= 15 is 0 Å². The summed E-state index contributed by atoms with van der Waals surface area (Å²) in [6.45, 7) is 4.99. The highest BCUT2D eigenvalue weighted by Crippen LogP contribution is 2.32. The van der Waals surface area contributed by atoms with Crippen molar-refractivity contribution in [3.05, 3.63) is 62.5 Å². The van der Waals surface area contributed by atoms with Gasteiger partial charge < -0.3 is 24.0 Å². The molecule has 3 aromatic rings. The average Bonchev–Trinajstić information content (AvgIpc) is 3.29. The maximum atomic E-state index is 14.1. The fourth-order valence-electron chi connectivity index (χ4n) is 4.01. The van der Waals surface area contributed by atoms with Gasteiger partial charge in [-0.25, -0.2) is 8.78 Å². The molecule has 36 heavy (non-hydrogen) atoms. The number of halogens is 2. The normalized spacial score (nSPS) is 15.6. The number of hydrogen-bond acceptors (Lipinski definition) is 8. The highest BCUT2D eigenvalue weighted by Gasteiger charge is 2.36. The maximum absolute atomic E-state index is 14.1. The van der Waals surface area contributed by atoms with Gasteiger partial charge in [-0.15, -0.1) is 10.2 Å². The lowest BCUT2D eigenvalue weighted by atomic mass is 10.1. The molecule has 1 aromatic carbocycles. The molecule has 1 aliphatic rings. The number of carbonyl (C=O) groups is 1. The Balaban J connectivity index is 1.70. The summed E-state index contributed by atoms with van der Waals surface area (Å²) < 4.78 is 39.5. The summed E-state index contributed by atoms with van der Waals surface area (Å²) in [4.78, 5) is 27.8. The minimum absolute atomic E-state index is 0.0554. The number of fused-ring (bicyclic) bond motifs is 1. The topological polar surface area (TPSA) is 107 Å². The SMILES string of the molecule is COCCOC[C@@H]1CN(C(C)C)C(=O)c2c(O)c(=O)c(-c3nnc(Cc4ccc(F)cc4F)s3)cn21. The van der Waals surface area contributed by atoms with Crippen molar-refractivity contribution in [2.75, 3.05) is 33.5 Å². The van der Waals surface area contributed by atoms with E-state index in [4.69, 9.17) is 9.47 Å². The van der Waals surface area contributed by atoms with Crippen LogP contribution in [0.15, 0.2) is 29.2 Å². The van der Waals surface area contributed by atoms with Crippen molar-refractivity contribution < 1.29 is 28.2 Å². The van der Waals surface area contributed by atoms with Crippen molar-refractivity contribution in [1.29, 1.82) is 0 Å². The van der Waals surface area contributed by atoms with Crippen LogP contribution in [0.2, 0.25) is 0 Å². The van der Waals surface area contributed by atoms with Crippen LogP contribution in [0.3, 0.4) is 0 Å². The quantitative estimate of drug-likeness (QED) is 0.432. The van der Waals surface area contributed by atoms with E-state index in [2.05, 4.69) is 10.2 Å². The number of aromatic nitrogens is 3. The predicted molar refractivity (Wildman–Crippen MR) is 128 cm³/mol. The summed E-state index contributed by atoms with van der Waals surface area (Å²) in [5.74, 6) is -2.52. The van der Waals surface area contributed by atoms with E-state index < -0.39 is 28.7 Å². The first-order valence-electron chi connectivity index (χ1n) is 11.3. The van der Waals surface area contributed by atoms with E-state index in [1.807, 2.05) is 13.8 Å². The number of benzene rings is 1. The van der Waals surface area contributed by atoms with Crippen LogP contribution in [0, 0.1) is 11.6 Å². The molecule has 192 valence electrons. The number of nitrogens with zero attached hydrogens (tertiary/aromatic N) is 4. The molecule has 0 saturated heterocycles. The smallest absolute Gasteiger partial charge is 0.274 e. The monoisotopic (exact) mass is 520 g/mol. The molecule has 0 aliphatic carbocycles. The van der Waals surface area contributed by atoms with Gasteiger partial charge in [0.25, 0.3) is 5.91 Å². The molecule has 0 saturated carbocycles. The Morgan fingerprint density at radius 3 is 2.69 bits per heavy atom. The van der Waals surface area contributed by atoms with Gasteiger partial charge >= 0.3 is 0 Å². The second-order valence-electron chi connectivity index (χ2n) is 8.66. The number of carbonyl (C=O) groups excluding carboxylic acids is 1. The molecular formula is C24H26F2N4O5S. The number of rotatable bonds is 9. The second-order valence-corrected chi connectivity index (χ2v) is 9.72. The fraction of sp³-hybridized carbons (Fsp3) is 0.417. The van der Waals surface area contributed by atoms with Gasteiger partial charge in [0.05, 0.1) is 31.4 Å². The van der Waals surface area contributed by atoms with Crippen molar-refractivity contribution >= 4 is 17.2 Å². The van der Waals surface area contributed by atoms with Crippen LogP contribution in [-0.4, -0.2) is 70.2 Å². The lowest BCUT2D eigenvalue weighted by Gasteiger charge is -2.38. The first-order chi connectivity index (χ1) is 17.2. The lowest BCUT2D eigenvalue weighted by Crippen LogP contribution is -2.48. The molecule has 0 spiro atoms. The Hall–Kier alpha value is -3.22. The van der Waals surface area contributed by atoms with Gasteiger partial charge in [-0.2, -0.15) is 0 Å². The average molecular weight is 521 g/mol. The number of hydrogen-bond donors (Lipinski definition) is 1. The Labute approximate surface area is 209 Å². The van der Waals surface area contributed by atoms with Crippen LogP contribution in [0.1, 0.15) is 40.9 Å². The zero-order valence-corrected chi connectivity index (χ0v) is 20.8. The van der Waals surface area contributed by atoms with Crippen molar-refractivity contribution in [3.63, 3.8) is 0 Å². The summed E-state index contributed by atoms with van der Waals surface area (Å²) >= 11 is 1.05. The summed E-state index contributed by atoms with van der Waals surface area (Å²) in [5.41, 5.74) is -0.568. The maximum Gasteiger partial charge on any atom is 0.274 e. The first kappa shape index (κ1) is 25.9. The third-order valence-electron chi connectivity index (χ3n) is 5.89.